The van der Waals surface area contributed by atoms with E-state index >= 15 is 0 Å². The van der Waals surface area contributed by atoms with Crippen molar-refractivity contribution in [1.29, 1.82) is 0 Å². The number of aromatic nitrogens is 1. The van der Waals surface area contributed by atoms with Gasteiger partial charge in [-0.15, -0.1) is 0 Å². The molecule has 0 atom stereocenters. The molecule has 1 aliphatic rings. The van der Waals surface area contributed by atoms with Gasteiger partial charge in [0.15, 0.2) is 0 Å². The maximum atomic E-state index is 5.97. The maximum Gasteiger partial charge on any atom is 0.139 e. The lowest BCUT2D eigenvalue weighted by atomic mass is 10.1. The van der Waals surface area contributed by atoms with E-state index < -0.39 is 0 Å². The van der Waals surface area contributed by atoms with Crippen LogP contribution < -0.4 is 10.6 Å². The first-order valence-corrected chi connectivity index (χ1v) is 8.36. The monoisotopic (exact) mass is 305 g/mol. The summed E-state index contributed by atoms with van der Waals surface area (Å²) in [7, 11) is 0. The summed E-state index contributed by atoms with van der Waals surface area (Å²) < 4.78 is 0. The van der Waals surface area contributed by atoms with Gasteiger partial charge in [-0.25, -0.2) is 4.98 Å². The number of nitrogens with zero attached hydrogens (tertiary/aromatic N) is 2. The Morgan fingerprint density at radius 1 is 1.24 bits per heavy atom. The largest absolute Gasteiger partial charge is 0.389 e. The van der Waals surface area contributed by atoms with Crippen molar-refractivity contribution in [2.45, 2.75) is 47.0 Å². The molecule has 0 aliphatic heterocycles. The van der Waals surface area contributed by atoms with Gasteiger partial charge in [-0.2, -0.15) is 0 Å². The molecule has 0 aromatic carbocycles. The summed E-state index contributed by atoms with van der Waals surface area (Å²) in [5.74, 6) is 2.15. The molecule has 1 aliphatic carbocycles. The number of rotatable bonds is 6. The molecular weight excluding hydrogens is 278 g/mol. The first-order chi connectivity index (χ1) is 9.88. The quantitative estimate of drug-likeness (QED) is 0.819. The zero-order valence-corrected chi connectivity index (χ0v) is 14.5. The van der Waals surface area contributed by atoms with Crippen molar-refractivity contribution >= 4 is 23.0 Å². The van der Waals surface area contributed by atoms with Crippen LogP contribution in [0.2, 0.25) is 0 Å². The van der Waals surface area contributed by atoms with Crippen LogP contribution in [0.1, 0.15) is 50.9 Å². The lowest BCUT2D eigenvalue weighted by Gasteiger charge is -2.29. The van der Waals surface area contributed by atoms with Crippen LogP contribution in [-0.2, 0) is 12.8 Å². The molecule has 0 unspecified atom stereocenters. The summed E-state index contributed by atoms with van der Waals surface area (Å²) >= 11 is 5.28. The third kappa shape index (κ3) is 3.94. The fraction of sp³-hybridized carbons (Fsp3) is 0.647. The van der Waals surface area contributed by atoms with Gasteiger partial charge in [0, 0.05) is 18.8 Å². The molecule has 0 spiro atoms. The van der Waals surface area contributed by atoms with E-state index in [1.54, 1.807) is 0 Å². The number of aryl methyl sites for hydroxylation is 2. The molecule has 4 heteroatoms. The Balaban J connectivity index is 2.44. The molecule has 1 aromatic heterocycles. The summed E-state index contributed by atoms with van der Waals surface area (Å²) in [5, 5.41) is 0. The van der Waals surface area contributed by atoms with Crippen LogP contribution in [-0.4, -0.2) is 23.1 Å². The Kier molecular flexibility index (Phi) is 5.20. The van der Waals surface area contributed by atoms with Gasteiger partial charge in [-0.3, -0.25) is 0 Å². The van der Waals surface area contributed by atoms with Gasteiger partial charge >= 0.3 is 0 Å². The number of hydrogen-bond acceptors (Lipinski definition) is 3. The van der Waals surface area contributed by atoms with Crippen molar-refractivity contribution < 1.29 is 0 Å². The normalized spacial score (nSPS) is 13.8. The van der Waals surface area contributed by atoms with E-state index in [0.29, 0.717) is 16.8 Å². The van der Waals surface area contributed by atoms with Crippen LogP contribution in [0.25, 0.3) is 0 Å². The van der Waals surface area contributed by atoms with Crippen molar-refractivity contribution in [3.05, 3.63) is 22.9 Å². The average molecular weight is 305 g/mol. The predicted molar refractivity (Wildman–Crippen MR) is 94.0 cm³/mol. The van der Waals surface area contributed by atoms with Crippen LogP contribution in [0.15, 0.2) is 6.07 Å². The minimum absolute atomic E-state index is 0.463. The van der Waals surface area contributed by atoms with E-state index in [0.717, 1.165) is 37.3 Å². The first kappa shape index (κ1) is 16.2. The highest BCUT2D eigenvalue weighted by atomic mass is 32.1. The lowest BCUT2D eigenvalue weighted by molar-refractivity contribution is 0.548. The summed E-state index contributed by atoms with van der Waals surface area (Å²) in [6.07, 6.45) is 3.38. The molecule has 2 N–H and O–H groups in total. The highest BCUT2D eigenvalue weighted by Crippen LogP contribution is 2.28. The first-order valence-electron chi connectivity index (χ1n) is 7.96. The summed E-state index contributed by atoms with van der Waals surface area (Å²) in [4.78, 5) is 7.77. The fourth-order valence-corrected chi connectivity index (χ4v) is 3.16. The number of pyridine rings is 1. The minimum atomic E-state index is 0.463. The Labute approximate surface area is 133 Å². The van der Waals surface area contributed by atoms with Crippen LogP contribution in [0.5, 0.6) is 0 Å². The third-order valence-corrected chi connectivity index (χ3v) is 3.99. The van der Waals surface area contributed by atoms with Crippen LogP contribution >= 0.6 is 12.2 Å². The number of nitrogens with two attached hydrogens (primary N) is 1. The molecule has 0 saturated heterocycles. The fourth-order valence-electron chi connectivity index (χ4n) is 3.01. The molecule has 0 fully saturated rings. The molecule has 2 rings (SSSR count). The Morgan fingerprint density at radius 3 is 2.38 bits per heavy atom. The van der Waals surface area contributed by atoms with Crippen molar-refractivity contribution in [2.75, 3.05) is 18.0 Å². The van der Waals surface area contributed by atoms with E-state index in [1.165, 1.54) is 17.7 Å². The van der Waals surface area contributed by atoms with Crippen molar-refractivity contribution in [3.63, 3.8) is 0 Å². The summed E-state index contributed by atoms with van der Waals surface area (Å²) in [5.41, 5.74) is 9.49. The van der Waals surface area contributed by atoms with Gasteiger partial charge in [-0.1, -0.05) is 39.9 Å². The van der Waals surface area contributed by atoms with Crippen LogP contribution in [0.4, 0.5) is 5.82 Å². The molecule has 116 valence electrons. The second-order valence-corrected chi connectivity index (χ2v) is 7.32. The van der Waals surface area contributed by atoms with Crippen molar-refractivity contribution in [2.24, 2.45) is 17.6 Å². The number of hydrogen-bond donors (Lipinski definition) is 1. The molecule has 3 nitrogen and oxygen atoms in total. The van der Waals surface area contributed by atoms with E-state index in [1.807, 2.05) is 0 Å². The molecule has 1 heterocycles. The number of thiocarbonyl (C=S) groups is 1. The van der Waals surface area contributed by atoms with Gasteiger partial charge in [0.1, 0.15) is 10.8 Å². The average Bonchev–Trinajstić information content (AvgIpc) is 2.82. The molecule has 0 radical (unpaired) electrons. The van der Waals surface area contributed by atoms with Gasteiger partial charge in [-0.05, 0) is 42.7 Å². The van der Waals surface area contributed by atoms with Crippen LogP contribution in [0.3, 0.4) is 0 Å². The topological polar surface area (TPSA) is 42.2 Å². The Hall–Kier alpha value is -1.16. The molecule has 0 amide bonds. The predicted octanol–water partition coefficient (Wildman–Crippen LogP) is 3.32. The summed E-state index contributed by atoms with van der Waals surface area (Å²) in [6.45, 7) is 10.9. The summed E-state index contributed by atoms with van der Waals surface area (Å²) in [6, 6.07) is 2.18. The molecule has 0 saturated carbocycles. The zero-order valence-electron chi connectivity index (χ0n) is 13.6. The van der Waals surface area contributed by atoms with Gasteiger partial charge < -0.3 is 10.6 Å². The molecule has 21 heavy (non-hydrogen) atoms. The Bertz CT molecular complexity index is 513. The Morgan fingerprint density at radius 2 is 1.86 bits per heavy atom. The lowest BCUT2D eigenvalue weighted by Crippen LogP contribution is -2.34. The maximum absolute atomic E-state index is 5.97. The van der Waals surface area contributed by atoms with Crippen molar-refractivity contribution in [1.82, 2.24) is 4.98 Å². The number of fused-ring (bicyclic) bond motifs is 1. The van der Waals surface area contributed by atoms with Crippen LogP contribution in [0, 0.1) is 11.8 Å². The van der Waals surface area contributed by atoms with Gasteiger partial charge in [0.05, 0.1) is 5.56 Å². The highest BCUT2D eigenvalue weighted by Gasteiger charge is 2.22. The molecular formula is C17H27N3S. The van der Waals surface area contributed by atoms with Crippen molar-refractivity contribution in [3.8, 4) is 0 Å². The third-order valence-electron chi connectivity index (χ3n) is 3.77. The second kappa shape index (κ2) is 6.73. The van der Waals surface area contributed by atoms with E-state index in [9.17, 15) is 0 Å². The van der Waals surface area contributed by atoms with E-state index in [2.05, 4.69) is 38.7 Å². The second-order valence-electron chi connectivity index (χ2n) is 6.88. The van der Waals surface area contributed by atoms with Gasteiger partial charge in [0.2, 0.25) is 0 Å². The van der Waals surface area contributed by atoms with Gasteiger partial charge in [0.25, 0.3) is 0 Å². The highest BCUT2D eigenvalue weighted by molar-refractivity contribution is 7.80. The van der Waals surface area contributed by atoms with E-state index in [-0.39, 0.29) is 0 Å². The SMILES string of the molecule is CC(C)CN(CC(C)C)c1nc2c(cc1C(N)=S)CCC2. The minimum Gasteiger partial charge on any atom is -0.389 e. The molecule has 0 bridgehead atoms. The van der Waals surface area contributed by atoms with E-state index in [4.69, 9.17) is 22.9 Å². The number of anilines is 1. The molecule has 1 aromatic rings. The standard InChI is InChI=1S/C17H27N3S/c1-11(2)9-20(10-12(3)4)17-14(16(18)21)8-13-6-5-7-15(13)19-17/h8,11-12H,5-7,9-10H2,1-4H3,(H2,18,21). The smallest absolute Gasteiger partial charge is 0.139 e. The zero-order chi connectivity index (χ0) is 15.6.